The highest BCUT2D eigenvalue weighted by Crippen LogP contribution is 2.44. The number of nitrogens with zero attached hydrogens (tertiary/aromatic N) is 3. The van der Waals surface area contributed by atoms with E-state index in [1.54, 1.807) is 12.1 Å². The number of aromatic nitrogens is 3. The normalized spacial score (nSPS) is 16.0. The molecule has 1 atom stereocenters. The van der Waals surface area contributed by atoms with Crippen molar-refractivity contribution in [3.05, 3.63) is 112 Å². The summed E-state index contributed by atoms with van der Waals surface area (Å²) < 4.78 is 0. The van der Waals surface area contributed by atoms with E-state index in [0.29, 0.717) is 21.5 Å². The Labute approximate surface area is 199 Å². The van der Waals surface area contributed by atoms with Crippen molar-refractivity contribution in [1.82, 2.24) is 15.2 Å². The van der Waals surface area contributed by atoms with Crippen molar-refractivity contribution in [2.75, 3.05) is 4.90 Å². The Morgan fingerprint density at radius 2 is 1.64 bits per heavy atom. The van der Waals surface area contributed by atoms with Crippen LogP contribution in [-0.2, 0) is 10.5 Å². The number of nitrogens with one attached hydrogen (secondary N) is 1. The number of hydrogen-bond donors (Lipinski definition) is 2. The van der Waals surface area contributed by atoms with Crippen LogP contribution < -0.4 is 4.90 Å². The van der Waals surface area contributed by atoms with Gasteiger partial charge in [0.05, 0.1) is 6.04 Å². The molecule has 8 heteroatoms. The summed E-state index contributed by atoms with van der Waals surface area (Å²) in [6.45, 7) is 0. The lowest BCUT2D eigenvalue weighted by atomic mass is 9.94. The number of halogens is 1. The van der Waals surface area contributed by atoms with Crippen molar-refractivity contribution in [1.29, 1.82) is 0 Å². The second-order valence-electron chi connectivity index (χ2n) is 7.47. The quantitative estimate of drug-likeness (QED) is 0.345. The number of anilines is 1. The molecule has 6 nitrogen and oxygen atoms in total. The number of rotatable bonds is 6. The second kappa shape index (κ2) is 9.13. The lowest BCUT2D eigenvalue weighted by Gasteiger charge is -2.24. The van der Waals surface area contributed by atoms with E-state index in [1.165, 1.54) is 16.7 Å². The van der Waals surface area contributed by atoms with Gasteiger partial charge in [0.2, 0.25) is 11.1 Å². The number of aromatic amines is 1. The van der Waals surface area contributed by atoms with E-state index < -0.39 is 11.9 Å². The summed E-state index contributed by atoms with van der Waals surface area (Å²) in [5, 5.41) is 19.2. The van der Waals surface area contributed by atoms with E-state index in [-0.39, 0.29) is 11.7 Å². The maximum Gasteiger partial charge on any atom is 0.296 e. The highest BCUT2D eigenvalue weighted by atomic mass is 35.5. The molecule has 1 aromatic heterocycles. The molecule has 2 heterocycles. The molecule has 1 aliphatic heterocycles. The first-order valence-corrected chi connectivity index (χ1v) is 11.6. The first kappa shape index (κ1) is 21.3. The minimum atomic E-state index is -0.586. The van der Waals surface area contributed by atoms with Gasteiger partial charge in [-0.3, -0.25) is 9.69 Å². The fraction of sp³-hybridized carbons (Fsp3) is 0.0800. The third-order valence-electron chi connectivity index (χ3n) is 5.37. The van der Waals surface area contributed by atoms with Crippen LogP contribution in [0.5, 0.6) is 0 Å². The zero-order valence-electron chi connectivity index (χ0n) is 17.4. The molecular formula is C25H19ClN4O2S. The van der Waals surface area contributed by atoms with Gasteiger partial charge >= 0.3 is 0 Å². The predicted molar refractivity (Wildman–Crippen MR) is 130 cm³/mol. The standard InChI is InChI=1S/C25H19ClN4O2S/c26-19-13-11-18(12-14-19)21-20(17-9-5-2-6-10-17)22(31)23(32)30(21)24-27-25(29-28-24)33-15-16-7-3-1-4-8-16/h1-14,21,31H,15H2,(H,27,28,29)/t21-/m1/s1. The van der Waals surface area contributed by atoms with Crippen LogP contribution in [0.4, 0.5) is 5.95 Å². The first-order chi connectivity index (χ1) is 16.1. The van der Waals surface area contributed by atoms with Crippen LogP contribution in [-0.4, -0.2) is 26.2 Å². The van der Waals surface area contributed by atoms with E-state index in [1.807, 2.05) is 72.8 Å². The summed E-state index contributed by atoms with van der Waals surface area (Å²) in [6.07, 6.45) is 0. The van der Waals surface area contributed by atoms with Crippen LogP contribution in [0.1, 0.15) is 22.7 Å². The largest absolute Gasteiger partial charge is 0.503 e. The number of H-pyrrole nitrogens is 1. The average molecular weight is 475 g/mol. The summed E-state index contributed by atoms with van der Waals surface area (Å²) in [5.74, 6) is 0.124. The molecule has 33 heavy (non-hydrogen) atoms. The average Bonchev–Trinajstić information content (AvgIpc) is 3.42. The zero-order valence-corrected chi connectivity index (χ0v) is 18.9. The van der Waals surface area contributed by atoms with Crippen molar-refractivity contribution in [2.24, 2.45) is 0 Å². The predicted octanol–water partition coefficient (Wildman–Crippen LogP) is 5.81. The molecule has 0 saturated heterocycles. The van der Waals surface area contributed by atoms with Crippen LogP contribution in [0.15, 0.2) is 95.8 Å². The number of aliphatic hydroxyl groups excluding tert-OH is 1. The maximum atomic E-state index is 13.2. The first-order valence-electron chi connectivity index (χ1n) is 10.3. The van der Waals surface area contributed by atoms with E-state index in [0.717, 1.165) is 16.7 Å². The SMILES string of the molecule is O=C1C(O)=C(c2ccccc2)[C@@H](c2ccc(Cl)cc2)N1c1nc(SCc2ccccc2)n[nH]1. The summed E-state index contributed by atoms with van der Waals surface area (Å²) in [4.78, 5) is 19.2. The number of aliphatic hydroxyl groups is 1. The van der Waals surface area contributed by atoms with E-state index in [9.17, 15) is 9.90 Å². The van der Waals surface area contributed by atoms with Gasteiger partial charge in [-0.25, -0.2) is 5.10 Å². The summed E-state index contributed by atoms with van der Waals surface area (Å²) >= 11 is 7.56. The monoisotopic (exact) mass is 474 g/mol. The fourth-order valence-electron chi connectivity index (χ4n) is 3.83. The van der Waals surface area contributed by atoms with Gasteiger partial charge in [0.15, 0.2) is 5.76 Å². The minimum Gasteiger partial charge on any atom is -0.503 e. The van der Waals surface area contributed by atoms with Gasteiger partial charge in [-0.1, -0.05) is 96.2 Å². The number of thioether (sulfide) groups is 1. The maximum absolute atomic E-state index is 13.2. The van der Waals surface area contributed by atoms with Gasteiger partial charge in [-0.15, -0.1) is 5.10 Å². The van der Waals surface area contributed by atoms with Crippen LogP contribution in [0.2, 0.25) is 5.02 Å². The van der Waals surface area contributed by atoms with Crippen LogP contribution in [0, 0.1) is 0 Å². The van der Waals surface area contributed by atoms with Gasteiger partial charge in [0.25, 0.3) is 5.91 Å². The van der Waals surface area contributed by atoms with Crippen molar-refractivity contribution in [3.63, 3.8) is 0 Å². The molecule has 4 aromatic rings. The lowest BCUT2D eigenvalue weighted by Crippen LogP contribution is -2.31. The van der Waals surface area contributed by atoms with Gasteiger partial charge in [-0.05, 0) is 28.8 Å². The Hall–Kier alpha value is -3.55. The molecule has 0 bridgehead atoms. The third kappa shape index (κ3) is 4.25. The Morgan fingerprint density at radius 3 is 2.33 bits per heavy atom. The topological polar surface area (TPSA) is 82.1 Å². The molecule has 1 aliphatic rings. The summed E-state index contributed by atoms with van der Waals surface area (Å²) in [6, 6.07) is 26.0. The highest BCUT2D eigenvalue weighted by Gasteiger charge is 2.43. The minimum absolute atomic E-state index is 0.271. The van der Waals surface area contributed by atoms with Crippen molar-refractivity contribution in [3.8, 4) is 0 Å². The van der Waals surface area contributed by atoms with Gasteiger partial charge in [0, 0.05) is 16.3 Å². The van der Waals surface area contributed by atoms with Gasteiger partial charge in [0.1, 0.15) is 0 Å². The molecule has 0 radical (unpaired) electrons. The molecule has 1 amide bonds. The number of benzene rings is 3. The molecular weight excluding hydrogens is 456 g/mol. The Balaban J connectivity index is 1.50. The van der Waals surface area contributed by atoms with Crippen molar-refractivity contribution in [2.45, 2.75) is 17.0 Å². The zero-order chi connectivity index (χ0) is 22.8. The van der Waals surface area contributed by atoms with Crippen molar-refractivity contribution >= 4 is 40.8 Å². The Bertz CT molecular complexity index is 1310. The van der Waals surface area contributed by atoms with E-state index in [2.05, 4.69) is 15.2 Å². The molecule has 0 saturated carbocycles. The molecule has 0 spiro atoms. The number of carbonyl (C=O) groups is 1. The Kier molecular flexibility index (Phi) is 5.90. The van der Waals surface area contributed by atoms with E-state index in [4.69, 9.17) is 11.6 Å². The van der Waals surface area contributed by atoms with Gasteiger partial charge < -0.3 is 5.11 Å². The van der Waals surface area contributed by atoms with E-state index >= 15 is 0 Å². The molecule has 5 rings (SSSR count). The highest BCUT2D eigenvalue weighted by molar-refractivity contribution is 7.98. The molecule has 2 N–H and O–H groups in total. The fourth-order valence-corrected chi connectivity index (χ4v) is 4.70. The molecule has 164 valence electrons. The van der Waals surface area contributed by atoms with Crippen LogP contribution in [0.25, 0.3) is 5.57 Å². The molecule has 0 aliphatic carbocycles. The summed E-state index contributed by atoms with van der Waals surface area (Å²) in [5.41, 5.74) is 3.21. The molecule has 3 aromatic carbocycles. The third-order valence-corrected chi connectivity index (χ3v) is 6.54. The molecule has 0 unspecified atom stereocenters. The smallest absolute Gasteiger partial charge is 0.296 e. The summed E-state index contributed by atoms with van der Waals surface area (Å²) in [7, 11) is 0. The van der Waals surface area contributed by atoms with Crippen LogP contribution >= 0.6 is 23.4 Å². The number of carbonyl (C=O) groups excluding carboxylic acids is 1. The number of amides is 1. The number of hydrogen-bond acceptors (Lipinski definition) is 5. The van der Waals surface area contributed by atoms with Crippen molar-refractivity contribution < 1.29 is 9.90 Å². The van der Waals surface area contributed by atoms with Gasteiger partial charge in [-0.2, -0.15) is 4.98 Å². The van der Waals surface area contributed by atoms with Crippen LogP contribution in [0.3, 0.4) is 0 Å². The Morgan fingerprint density at radius 1 is 0.970 bits per heavy atom. The lowest BCUT2D eigenvalue weighted by molar-refractivity contribution is -0.117. The second-order valence-corrected chi connectivity index (χ2v) is 8.85. The molecule has 0 fully saturated rings.